The van der Waals surface area contributed by atoms with Crippen LogP contribution in [0.5, 0.6) is 0 Å². The Balaban J connectivity index is 1.73. The van der Waals surface area contributed by atoms with E-state index >= 15 is 0 Å². The Kier molecular flexibility index (Phi) is 12.9. The van der Waals surface area contributed by atoms with Gasteiger partial charge in [-0.25, -0.2) is 4.79 Å². The van der Waals surface area contributed by atoms with Crippen molar-refractivity contribution in [2.75, 3.05) is 0 Å². The standard InChI is InChI=1S/C38H56O5/c1-10-27(4)30(7)36-32(41-36)23-25(2)15-14-16-28(5)35-29(6)19-20-33(42-37(40)31-17-12-11-13-18-31)38(8,9)22-21-26(3)24-34(39)43-35/h11-20,25-27,29-30,32-33,35-36H,10,21-24H2,1-9H3/b15-14+,20-19-,28-16+. The molecule has 2 aliphatic rings. The molecule has 0 radical (unpaired) electrons. The lowest BCUT2D eigenvalue weighted by atomic mass is 9.78. The molecule has 5 nitrogen and oxygen atoms in total. The van der Waals surface area contributed by atoms with Crippen LogP contribution in [0.1, 0.15) is 105 Å². The molecule has 1 aromatic rings. The summed E-state index contributed by atoms with van der Waals surface area (Å²) < 4.78 is 18.2. The van der Waals surface area contributed by atoms with Gasteiger partial charge in [0, 0.05) is 17.8 Å². The quantitative estimate of drug-likeness (QED) is 0.117. The van der Waals surface area contributed by atoms with Crippen molar-refractivity contribution in [3.8, 4) is 0 Å². The monoisotopic (exact) mass is 592 g/mol. The molecule has 43 heavy (non-hydrogen) atoms. The molecule has 1 fully saturated rings. The van der Waals surface area contributed by atoms with Gasteiger partial charge in [-0.1, -0.05) is 104 Å². The average molecular weight is 593 g/mol. The lowest BCUT2D eigenvalue weighted by molar-refractivity contribution is -0.149. The van der Waals surface area contributed by atoms with Gasteiger partial charge in [0.25, 0.3) is 0 Å². The summed E-state index contributed by atoms with van der Waals surface area (Å²) in [6.07, 6.45) is 14.6. The van der Waals surface area contributed by atoms with Crippen LogP contribution in [0.3, 0.4) is 0 Å². The van der Waals surface area contributed by atoms with Crippen LogP contribution in [-0.4, -0.2) is 36.4 Å². The highest BCUT2D eigenvalue weighted by molar-refractivity contribution is 5.89. The Morgan fingerprint density at radius 3 is 2.49 bits per heavy atom. The second-order valence-electron chi connectivity index (χ2n) is 14.1. The van der Waals surface area contributed by atoms with E-state index in [2.05, 4.69) is 73.6 Å². The minimum absolute atomic E-state index is 0.0999. The average Bonchev–Trinajstić information content (AvgIpc) is 3.74. The van der Waals surface area contributed by atoms with Crippen molar-refractivity contribution in [2.24, 2.45) is 35.0 Å². The van der Waals surface area contributed by atoms with Crippen molar-refractivity contribution >= 4 is 11.9 Å². The maximum atomic E-state index is 13.0. The highest BCUT2D eigenvalue weighted by Gasteiger charge is 2.44. The summed E-state index contributed by atoms with van der Waals surface area (Å²) >= 11 is 0. The van der Waals surface area contributed by atoms with Gasteiger partial charge in [0.05, 0.1) is 17.8 Å². The highest BCUT2D eigenvalue weighted by atomic mass is 16.6. The van der Waals surface area contributed by atoms with E-state index in [9.17, 15) is 9.59 Å². The molecule has 9 atom stereocenters. The molecule has 2 heterocycles. The van der Waals surface area contributed by atoms with Crippen LogP contribution < -0.4 is 0 Å². The van der Waals surface area contributed by atoms with Gasteiger partial charge in [-0.05, 0) is 73.6 Å². The van der Waals surface area contributed by atoms with E-state index in [0.717, 1.165) is 24.8 Å². The zero-order valence-corrected chi connectivity index (χ0v) is 28.0. The maximum Gasteiger partial charge on any atom is 0.338 e. The summed E-state index contributed by atoms with van der Waals surface area (Å²) in [5, 5.41) is 0. The maximum absolute atomic E-state index is 13.0. The molecule has 0 spiro atoms. The molecule has 1 aromatic carbocycles. The van der Waals surface area contributed by atoms with Crippen LogP contribution >= 0.6 is 0 Å². The molecule has 238 valence electrons. The van der Waals surface area contributed by atoms with Crippen LogP contribution in [0.15, 0.2) is 66.3 Å². The largest absolute Gasteiger partial charge is 0.457 e. The number of benzene rings is 1. The molecule has 0 aliphatic carbocycles. The number of cyclic esters (lactones) is 1. The van der Waals surface area contributed by atoms with Crippen molar-refractivity contribution in [1.29, 1.82) is 0 Å². The molecule has 9 unspecified atom stereocenters. The van der Waals surface area contributed by atoms with Gasteiger partial charge in [-0.3, -0.25) is 4.79 Å². The number of carbonyl (C=O) groups excluding carboxylic acids is 2. The van der Waals surface area contributed by atoms with Gasteiger partial charge in [-0.2, -0.15) is 0 Å². The van der Waals surface area contributed by atoms with Crippen molar-refractivity contribution in [3.05, 3.63) is 71.8 Å². The highest BCUT2D eigenvalue weighted by Crippen LogP contribution is 2.38. The summed E-state index contributed by atoms with van der Waals surface area (Å²) in [6, 6.07) is 9.13. The predicted octanol–water partition coefficient (Wildman–Crippen LogP) is 9.14. The normalized spacial score (nSPS) is 31.2. The van der Waals surface area contributed by atoms with Crippen LogP contribution in [0.2, 0.25) is 0 Å². The van der Waals surface area contributed by atoms with Crippen molar-refractivity contribution in [2.45, 2.75) is 119 Å². The first-order valence-electron chi connectivity index (χ1n) is 16.5. The van der Waals surface area contributed by atoms with E-state index in [0.29, 0.717) is 41.9 Å². The zero-order valence-electron chi connectivity index (χ0n) is 28.0. The van der Waals surface area contributed by atoms with E-state index in [1.165, 1.54) is 6.42 Å². The third-order valence-corrected chi connectivity index (χ3v) is 9.67. The van der Waals surface area contributed by atoms with Gasteiger partial charge in [0.1, 0.15) is 12.2 Å². The number of ether oxygens (including phenoxy) is 3. The lowest BCUT2D eigenvalue weighted by Gasteiger charge is -2.34. The molecule has 0 saturated carbocycles. The van der Waals surface area contributed by atoms with Crippen molar-refractivity contribution < 1.29 is 23.8 Å². The summed E-state index contributed by atoms with van der Waals surface area (Å²) in [4.78, 5) is 26.0. The smallest absolute Gasteiger partial charge is 0.338 e. The van der Waals surface area contributed by atoms with E-state index in [1.54, 1.807) is 12.1 Å². The summed E-state index contributed by atoms with van der Waals surface area (Å²) in [6.45, 7) is 19.5. The number of esters is 2. The van der Waals surface area contributed by atoms with Crippen LogP contribution in [0, 0.1) is 35.0 Å². The van der Waals surface area contributed by atoms with Crippen LogP contribution in [-0.2, 0) is 19.0 Å². The second kappa shape index (κ2) is 15.9. The minimum Gasteiger partial charge on any atom is -0.457 e. The van der Waals surface area contributed by atoms with Gasteiger partial charge in [0.15, 0.2) is 0 Å². The lowest BCUT2D eigenvalue weighted by Crippen LogP contribution is -2.34. The third kappa shape index (κ3) is 10.5. The number of epoxide rings is 1. The van der Waals surface area contributed by atoms with E-state index in [4.69, 9.17) is 14.2 Å². The number of carbonyl (C=O) groups is 2. The number of allylic oxidation sites excluding steroid dienone is 3. The molecule has 3 rings (SSSR count). The minimum atomic E-state index is -0.410. The first kappa shape index (κ1) is 34.8. The fraction of sp³-hybridized carbons (Fsp3) is 0.632. The van der Waals surface area contributed by atoms with Gasteiger partial charge < -0.3 is 14.2 Å². The SMILES string of the molecule is CCC(C)C(C)C1OC1CC(C)/C=C/C=C(\C)C1OC(=O)CC(C)CCC(C)(C)C(OC(=O)c2ccccc2)/C=C\C1C. The van der Waals surface area contributed by atoms with Crippen molar-refractivity contribution in [3.63, 3.8) is 0 Å². The molecule has 0 amide bonds. The second-order valence-corrected chi connectivity index (χ2v) is 14.1. The summed E-state index contributed by atoms with van der Waals surface area (Å²) in [5.74, 6) is 1.23. The predicted molar refractivity (Wildman–Crippen MR) is 175 cm³/mol. The summed E-state index contributed by atoms with van der Waals surface area (Å²) in [5.41, 5.74) is 1.23. The molecule has 5 heteroatoms. The first-order chi connectivity index (χ1) is 20.3. The first-order valence-corrected chi connectivity index (χ1v) is 16.5. The molecule has 0 bridgehead atoms. The van der Waals surface area contributed by atoms with Crippen LogP contribution in [0.25, 0.3) is 0 Å². The Morgan fingerprint density at radius 1 is 1.12 bits per heavy atom. The third-order valence-electron chi connectivity index (χ3n) is 9.67. The molecule has 1 saturated heterocycles. The van der Waals surface area contributed by atoms with E-state index in [1.807, 2.05) is 37.3 Å². The Hall–Kier alpha value is -2.66. The topological polar surface area (TPSA) is 65.1 Å². The Labute approximate surface area is 261 Å². The number of hydrogen-bond donors (Lipinski definition) is 0. The van der Waals surface area contributed by atoms with Crippen LogP contribution in [0.4, 0.5) is 0 Å². The molecule has 2 aliphatic heterocycles. The molecule has 0 N–H and O–H groups in total. The fourth-order valence-electron chi connectivity index (χ4n) is 5.99. The summed E-state index contributed by atoms with van der Waals surface area (Å²) in [7, 11) is 0. The van der Waals surface area contributed by atoms with E-state index < -0.39 is 12.2 Å². The number of hydrogen-bond acceptors (Lipinski definition) is 5. The van der Waals surface area contributed by atoms with Crippen molar-refractivity contribution in [1.82, 2.24) is 0 Å². The molecular weight excluding hydrogens is 536 g/mol. The number of rotatable bonds is 10. The van der Waals surface area contributed by atoms with Gasteiger partial charge >= 0.3 is 11.9 Å². The zero-order chi connectivity index (χ0) is 31.7. The Morgan fingerprint density at radius 2 is 1.81 bits per heavy atom. The molecular formula is C38H56O5. The molecule has 0 aromatic heterocycles. The van der Waals surface area contributed by atoms with Gasteiger partial charge in [-0.15, -0.1) is 0 Å². The van der Waals surface area contributed by atoms with Gasteiger partial charge in [0.2, 0.25) is 0 Å². The Bertz CT molecular complexity index is 1130. The van der Waals surface area contributed by atoms with E-state index in [-0.39, 0.29) is 29.2 Å². The fourth-order valence-corrected chi connectivity index (χ4v) is 5.99.